The third-order valence-electron chi connectivity index (χ3n) is 5.04. The molecule has 0 radical (unpaired) electrons. The highest BCUT2D eigenvalue weighted by Crippen LogP contribution is 2.26. The minimum atomic E-state index is -3.42. The van der Waals surface area contributed by atoms with Crippen LogP contribution in [-0.4, -0.2) is 67.5 Å². The van der Waals surface area contributed by atoms with Gasteiger partial charge in [-0.15, -0.1) is 0 Å². The lowest BCUT2D eigenvalue weighted by atomic mass is 10.1. The number of fused-ring (bicyclic) bond motifs is 1. The van der Waals surface area contributed by atoms with E-state index in [1.54, 1.807) is 10.4 Å². The van der Waals surface area contributed by atoms with E-state index >= 15 is 0 Å². The van der Waals surface area contributed by atoms with Crippen molar-refractivity contribution in [3.8, 4) is 0 Å². The zero-order chi connectivity index (χ0) is 18.6. The van der Waals surface area contributed by atoms with Crippen LogP contribution in [0, 0.1) is 0 Å². The molecule has 1 heterocycles. The third-order valence-corrected chi connectivity index (χ3v) is 8.03. The van der Waals surface area contributed by atoms with Crippen LogP contribution in [0.5, 0.6) is 0 Å². The van der Waals surface area contributed by atoms with Crippen LogP contribution in [0.15, 0.2) is 23.1 Å². The topological polar surface area (TPSA) is 52.6 Å². The van der Waals surface area contributed by atoms with E-state index in [1.807, 2.05) is 23.9 Å². The first-order valence-corrected chi connectivity index (χ1v) is 12.4. The summed E-state index contributed by atoms with van der Waals surface area (Å²) in [7, 11) is -3.42. The summed E-state index contributed by atoms with van der Waals surface area (Å²) < 4.78 is 27.5. The molecule has 0 atom stereocenters. The zero-order valence-corrected chi connectivity index (χ0v) is 17.7. The summed E-state index contributed by atoms with van der Waals surface area (Å²) in [5.41, 5.74) is 2.49. The van der Waals surface area contributed by atoms with Crippen LogP contribution < -0.4 is 5.32 Å². The van der Waals surface area contributed by atoms with E-state index in [0.29, 0.717) is 31.1 Å². The fraction of sp³-hybridized carbons (Fsp3) is 0.611. The van der Waals surface area contributed by atoms with Crippen molar-refractivity contribution in [3.05, 3.63) is 29.3 Å². The quantitative estimate of drug-likeness (QED) is 0.569. The summed E-state index contributed by atoms with van der Waals surface area (Å²) in [6.07, 6.45) is 6.35. The molecule has 1 fully saturated rings. The molecular weight excluding hydrogens is 386 g/mol. The van der Waals surface area contributed by atoms with Crippen LogP contribution >= 0.6 is 24.0 Å². The Morgan fingerprint density at radius 1 is 1.19 bits per heavy atom. The molecule has 26 heavy (non-hydrogen) atoms. The van der Waals surface area contributed by atoms with E-state index < -0.39 is 10.0 Å². The second-order valence-corrected chi connectivity index (χ2v) is 10.1. The van der Waals surface area contributed by atoms with Crippen LogP contribution in [0.3, 0.4) is 0 Å². The molecule has 5 nitrogen and oxygen atoms in total. The van der Waals surface area contributed by atoms with Crippen molar-refractivity contribution >= 4 is 39.1 Å². The van der Waals surface area contributed by atoms with Gasteiger partial charge in [-0.25, -0.2) is 8.42 Å². The summed E-state index contributed by atoms with van der Waals surface area (Å²) in [6.45, 7) is 3.10. The molecule has 1 N–H and O–H groups in total. The highest BCUT2D eigenvalue weighted by Gasteiger charge is 2.30. The van der Waals surface area contributed by atoms with Gasteiger partial charge in [0.1, 0.15) is 0 Å². The van der Waals surface area contributed by atoms with Crippen molar-refractivity contribution in [2.24, 2.45) is 0 Å². The Labute approximate surface area is 166 Å². The second kappa shape index (κ2) is 8.91. The molecule has 0 saturated carbocycles. The van der Waals surface area contributed by atoms with Gasteiger partial charge in [0.25, 0.3) is 0 Å². The van der Waals surface area contributed by atoms with E-state index in [-0.39, 0.29) is 0 Å². The summed E-state index contributed by atoms with van der Waals surface area (Å²) in [5.74, 6) is 1.11. The lowest BCUT2D eigenvalue weighted by Crippen LogP contribution is -2.53. The van der Waals surface area contributed by atoms with Crippen molar-refractivity contribution in [3.63, 3.8) is 0 Å². The zero-order valence-electron chi connectivity index (χ0n) is 15.2. The van der Waals surface area contributed by atoms with Gasteiger partial charge in [-0.3, -0.25) is 0 Å². The predicted molar refractivity (Wildman–Crippen MR) is 112 cm³/mol. The smallest absolute Gasteiger partial charge is 0.243 e. The maximum absolute atomic E-state index is 13.0. The number of thioether (sulfide) groups is 1. The van der Waals surface area contributed by atoms with E-state index in [4.69, 9.17) is 12.2 Å². The largest absolute Gasteiger partial charge is 0.363 e. The lowest BCUT2D eigenvalue weighted by Gasteiger charge is -2.35. The summed E-state index contributed by atoms with van der Waals surface area (Å²) in [4.78, 5) is 2.51. The number of hydrogen-bond acceptors (Lipinski definition) is 4. The molecule has 0 bridgehead atoms. The van der Waals surface area contributed by atoms with E-state index in [1.165, 1.54) is 11.1 Å². The number of nitrogens with one attached hydrogen (secondary N) is 1. The van der Waals surface area contributed by atoms with Crippen LogP contribution in [0.4, 0.5) is 0 Å². The Hall–Kier alpha value is -0.830. The fourth-order valence-corrected chi connectivity index (χ4v) is 5.70. The Morgan fingerprint density at radius 3 is 2.65 bits per heavy atom. The molecule has 1 saturated heterocycles. The Kier molecular flexibility index (Phi) is 6.82. The number of rotatable bonds is 6. The molecular formula is C18H27N3O2S3. The molecule has 1 aliphatic carbocycles. The third kappa shape index (κ3) is 4.52. The lowest BCUT2D eigenvalue weighted by molar-refractivity contribution is 0.264. The average Bonchev–Trinajstić information content (AvgIpc) is 3.13. The molecule has 0 unspecified atom stereocenters. The second-order valence-electron chi connectivity index (χ2n) is 6.75. The van der Waals surface area contributed by atoms with E-state index in [0.717, 1.165) is 43.1 Å². The molecule has 3 rings (SSSR count). The number of nitrogens with zero attached hydrogens (tertiary/aromatic N) is 2. The standard InChI is InChI=1S/C18H27N3O2S3/c1-25-13-3-8-19-18(24)20-9-11-21(12-10-20)26(22,23)17-7-6-15-4-2-5-16(15)14-17/h6-7,14H,2-5,8-13H2,1H3,(H,19,24). The first kappa shape index (κ1) is 19.9. The maximum Gasteiger partial charge on any atom is 0.243 e. The van der Waals surface area contributed by atoms with E-state index in [9.17, 15) is 8.42 Å². The van der Waals surface area contributed by atoms with Gasteiger partial charge in [0.2, 0.25) is 10.0 Å². The molecule has 2 aliphatic rings. The first-order valence-electron chi connectivity index (χ1n) is 9.16. The van der Waals surface area contributed by atoms with Gasteiger partial charge < -0.3 is 10.2 Å². The SMILES string of the molecule is CSCCCNC(=S)N1CCN(S(=O)(=O)c2ccc3c(c2)CCC3)CC1. The molecule has 1 aromatic carbocycles. The maximum atomic E-state index is 13.0. The first-order chi connectivity index (χ1) is 12.5. The van der Waals surface area contributed by atoms with Gasteiger partial charge in [0.15, 0.2) is 5.11 Å². The summed E-state index contributed by atoms with van der Waals surface area (Å²) in [6, 6.07) is 5.63. The van der Waals surface area contributed by atoms with Gasteiger partial charge in [0.05, 0.1) is 4.90 Å². The van der Waals surface area contributed by atoms with Gasteiger partial charge in [0, 0.05) is 32.7 Å². The van der Waals surface area contributed by atoms with Crippen molar-refractivity contribution < 1.29 is 8.42 Å². The molecule has 1 aliphatic heterocycles. The summed E-state index contributed by atoms with van der Waals surface area (Å²) >= 11 is 7.27. The number of hydrogen-bond donors (Lipinski definition) is 1. The van der Waals surface area contributed by atoms with E-state index in [2.05, 4.69) is 16.5 Å². The number of thiocarbonyl (C=S) groups is 1. The molecule has 1 aromatic rings. The summed E-state index contributed by atoms with van der Waals surface area (Å²) in [5, 5.41) is 4.01. The van der Waals surface area contributed by atoms with Crippen molar-refractivity contribution in [1.82, 2.24) is 14.5 Å². The Balaban J connectivity index is 1.56. The Bertz CT molecular complexity index is 744. The number of benzene rings is 1. The minimum Gasteiger partial charge on any atom is -0.363 e. The van der Waals surface area contributed by atoms with Crippen LogP contribution in [0.1, 0.15) is 24.0 Å². The predicted octanol–water partition coefficient (Wildman–Crippen LogP) is 2.11. The van der Waals surface area contributed by atoms with Crippen molar-refractivity contribution in [2.75, 3.05) is 44.7 Å². The van der Waals surface area contributed by atoms with Gasteiger partial charge in [-0.1, -0.05) is 6.07 Å². The van der Waals surface area contributed by atoms with Crippen molar-refractivity contribution in [1.29, 1.82) is 0 Å². The molecule has 0 spiro atoms. The van der Waals surface area contributed by atoms with Gasteiger partial charge >= 0.3 is 0 Å². The normalized spacial score (nSPS) is 18.0. The van der Waals surface area contributed by atoms with Gasteiger partial charge in [-0.2, -0.15) is 16.1 Å². The number of sulfonamides is 1. The van der Waals surface area contributed by atoms with Crippen molar-refractivity contribution in [2.45, 2.75) is 30.6 Å². The molecule has 0 aromatic heterocycles. The number of aryl methyl sites for hydroxylation is 2. The van der Waals surface area contributed by atoms with Crippen LogP contribution in [0.2, 0.25) is 0 Å². The van der Waals surface area contributed by atoms with Gasteiger partial charge in [-0.05, 0) is 73.2 Å². The number of piperazine rings is 1. The molecule has 0 amide bonds. The molecule has 144 valence electrons. The van der Waals surface area contributed by atoms with Crippen LogP contribution in [-0.2, 0) is 22.9 Å². The Morgan fingerprint density at radius 2 is 1.92 bits per heavy atom. The fourth-order valence-electron chi connectivity index (χ4n) is 3.51. The highest BCUT2D eigenvalue weighted by atomic mass is 32.2. The average molecular weight is 414 g/mol. The minimum absolute atomic E-state index is 0.435. The highest BCUT2D eigenvalue weighted by molar-refractivity contribution is 7.98. The van der Waals surface area contributed by atoms with Crippen LogP contribution in [0.25, 0.3) is 0 Å². The monoisotopic (exact) mass is 413 g/mol. The molecule has 8 heteroatoms.